The zero-order valence-corrected chi connectivity index (χ0v) is 17.1. The molecule has 2 amide bonds. The van der Waals surface area contributed by atoms with E-state index in [4.69, 9.17) is 0 Å². The Kier molecular flexibility index (Phi) is 5.05. The van der Waals surface area contributed by atoms with Gasteiger partial charge in [-0.25, -0.2) is 9.69 Å². The normalized spacial score (nSPS) is 15.3. The third kappa shape index (κ3) is 3.44. The van der Waals surface area contributed by atoms with Crippen LogP contribution in [-0.4, -0.2) is 26.8 Å². The first-order valence-corrected chi connectivity index (χ1v) is 10.0. The number of carboxylic acid groups (broad SMARTS) is 1. The smallest absolute Gasteiger partial charge is 0.335 e. The van der Waals surface area contributed by atoms with E-state index in [0.717, 1.165) is 34.4 Å². The number of rotatable bonds is 4. The van der Waals surface area contributed by atoms with Crippen LogP contribution in [0.1, 0.15) is 27.3 Å². The van der Waals surface area contributed by atoms with Gasteiger partial charge in [0, 0.05) is 17.1 Å². The summed E-state index contributed by atoms with van der Waals surface area (Å²) in [5.41, 5.74) is 4.00. The zero-order valence-electron chi connectivity index (χ0n) is 16.3. The number of carbonyl (C=O) groups excluding carboxylic acids is 2. The van der Waals surface area contributed by atoms with Crippen molar-refractivity contribution in [2.24, 2.45) is 0 Å². The Morgan fingerprint density at radius 2 is 1.67 bits per heavy atom. The predicted octanol–water partition coefficient (Wildman–Crippen LogP) is 5.03. The average molecular weight is 418 g/mol. The fourth-order valence-corrected chi connectivity index (χ4v) is 4.35. The molecule has 3 aromatic rings. The van der Waals surface area contributed by atoms with E-state index in [1.54, 1.807) is 48.5 Å². The lowest BCUT2D eigenvalue weighted by atomic mass is 10.2. The summed E-state index contributed by atoms with van der Waals surface area (Å²) >= 11 is 0.909. The van der Waals surface area contributed by atoms with E-state index in [-0.39, 0.29) is 16.7 Å². The minimum atomic E-state index is -0.992. The summed E-state index contributed by atoms with van der Waals surface area (Å²) in [7, 11) is 0. The number of benzene rings is 2. The number of aromatic nitrogens is 1. The second-order valence-corrected chi connectivity index (χ2v) is 7.86. The Morgan fingerprint density at radius 1 is 0.967 bits per heavy atom. The highest BCUT2D eigenvalue weighted by Crippen LogP contribution is 2.36. The fourth-order valence-electron chi connectivity index (χ4n) is 3.52. The molecule has 1 aliphatic rings. The molecule has 1 fully saturated rings. The van der Waals surface area contributed by atoms with Crippen molar-refractivity contribution in [2.75, 3.05) is 4.90 Å². The van der Waals surface area contributed by atoms with E-state index in [1.165, 1.54) is 4.90 Å². The predicted molar refractivity (Wildman–Crippen MR) is 117 cm³/mol. The van der Waals surface area contributed by atoms with Crippen LogP contribution in [0.4, 0.5) is 10.5 Å². The van der Waals surface area contributed by atoms with E-state index in [2.05, 4.69) is 0 Å². The van der Waals surface area contributed by atoms with Gasteiger partial charge < -0.3 is 9.67 Å². The molecule has 2 aromatic carbocycles. The Morgan fingerprint density at radius 3 is 2.37 bits per heavy atom. The second kappa shape index (κ2) is 7.68. The topological polar surface area (TPSA) is 79.6 Å². The monoisotopic (exact) mass is 418 g/mol. The molecule has 7 heteroatoms. The Balaban J connectivity index is 1.71. The first-order valence-electron chi connectivity index (χ1n) is 9.22. The third-order valence-corrected chi connectivity index (χ3v) is 5.79. The maximum absolute atomic E-state index is 12.9. The molecule has 0 bridgehead atoms. The quantitative estimate of drug-likeness (QED) is 0.601. The molecule has 0 radical (unpaired) electrons. The number of aromatic carboxylic acids is 1. The number of thioether (sulfide) groups is 1. The number of hydrogen-bond acceptors (Lipinski definition) is 4. The van der Waals surface area contributed by atoms with Crippen molar-refractivity contribution in [3.63, 3.8) is 0 Å². The Labute approximate surface area is 177 Å². The molecule has 4 rings (SSSR count). The van der Waals surface area contributed by atoms with Gasteiger partial charge in [0.05, 0.1) is 16.2 Å². The first kappa shape index (κ1) is 19.7. The van der Waals surface area contributed by atoms with E-state index < -0.39 is 5.97 Å². The van der Waals surface area contributed by atoms with E-state index in [9.17, 15) is 19.5 Å². The van der Waals surface area contributed by atoms with Crippen LogP contribution >= 0.6 is 11.8 Å². The Hall–Kier alpha value is -3.58. The summed E-state index contributed by atoms with van der Waals surface area (Å²) < 4.78 is 1.93. The maximum Gasteiger partial charge on any atom is 0.335 e. The maximum atomic E-state index is 12.9. The van der Waals surface area contributed by atoms with Gasteiger partial charge in [-0.2, -0.15) is 0 Å². The van der Waals surface area contributed by atoms with Crippen molar-refractivity contribution in [1.29, 1.82) is 0 Å². The van der Waals surface area contributed by atoms with Crippen molar-refractivity contribution in [3.05, 3.63) is 88.1 Å². The number of carboxylic acids is 1. The van der Waals surface area contributed by atoms with E-state index in [0.29, 0.717) is 10.6 Å². The van der Waals surface area contributed by atoms with Crippen LogP contribution in [0.2, 0.25) is 0 Å². The fraction of sp³-hybridized carbons (Fsp3) is 0.0870. The highest BCUT2D eigenvalue weighted by atomic mass is 32.2. The third-order valence-electron chi connectivity index (χ3n) is 4.92. The van der Waals surface area contributed by atoms with Crippen molar-refractivity contribution in [3.8, 4) is 5.69 Å². The lowest BCUT2D eigenvalue weighted by molar-refractivity contribution is -0.113. The highest BCUT2D eigenvalue weighted by molar-refractivity contribution is 8.19. The van der Waals surface area contributed by atoms with Gasteiger partial charge in [-0.3, -0.25) is 9.59 Å². The van der Waals surface area contributed by atoms with Crippen LogP contribution in [0.25, 0.3) is 11.8 Å². The molecule has 6 nitrogen and oxygen atoms in total. The van der Waals surface area contributed by atoms with E-state index >= 15 is 0 Å². The molecule has 1 saturated heterocycles. The van der Waals surface area contributed by atoms with Crippen molar-refractivity contribution >= 4 is 40.6 Å². The summed E-state index contributed by atoms with van der Waals surface area (Å²) in [5, 5.41) is 8.93. The molecule has 2 heterocycles. The number of para-hydroxylation sites is 1. The SMILES string of the molecule is Cc1cc(C=C2SC(=O)N(c3ccccc3)C2=O)c(C)n1-c1cccc(C(=O)O)c1. The molecular formula is C23H18N2O4S. The summed E-state index contributed by atoms with van der Waals surface area (Å²) in [6.07, 6.45) is 1.72. The molecular weight excluding hydrogens is 400 g/mol. The van der Waals surface area contributed by atoms with Gasteiger partial charge in [-0.05, 0) is 73.6 Å². The number of carbonyl (C=O) groups is 3. The molecule has 0 saturated carbocycles. The van der Waals surface area contributed by atoms with Gasteiger partial charge in [-0.15, -0.1) is 0 Å². The van der Waals surface area contributed by atoms with Gasteiger partial charge in [0.1, 0.15) is 0 Å². The summed E-state index contributed by atoms with van der Waals surface area (Å²) in [4.78, 5) is 38.1. The number of hydrogen-bond donors (Lipinski definition) is 1. The zero-order chi connectivity index (χ0) is 21.4. The number of amides is 2. The van der Waals surface area contributed by atoms with Gasteiger partial charge in [0.2, 0.25) is 0 Å². The average Bonchev–Trinajstić information content (AvgIpc) is 3.17. The number of anilines is 1. The molecule has 0 spiro atoms. The lowest BCUT2D eigenvalue weighted by Crippen LogP contribution is -2.27. The Bertz CT molecular complexity index is 1210. The largest absolute Gasteiger partial charge is 0.478 e. The highest BCUT2D eigenvalue weighted by Gasteiger charge is 2.36. The van der Waals surface area contributed by atoms with Gasteiger partial charge >= 0.3 is 5.97 Å². The van der Waals surface area contributed by atoms with Gasteiger partial charge in [0.15, 0.2) is 0 Å². The molecule has 1 N–H and O–H groups in total. The van der Waals surface area contributed by atoms with Crippen molar-refractivity contribution in [1.82, 2.24) is 4.57 Å². The van der Waals surface area contributed by atoms with Crippen LogP contribution in [0.5, 0.6) is 0 Å². The summed E-state index contributed by atoms with van der Waals surface area (Å²) in [6, 6.07) is 17.4. The molecule has 0 unspecified atom stereocenters. The number of imide groups is 1. The molecule has 0 aliphatic carbocycles. The molecule has 1 aliphatic heterocycles. The van der Waals surface area contributed by atoms with Crippen LogP contribution in [0, 0.1) is 13.8 Å². The summed E-state index contributed by atoms with van der Waals surface area (Å²) in [5.74, 6) is -1.34. The minimum absolute atomic E-state index is 0.200. The van der Waals surface area contributed by atoms with Crippen molar-refractivity contribution in [2.45, 2.75) is 13.8 Å². The number of aryl methyl sites for hydroxylation is 1. The molecule has 1 aromatic heterocycles. The van der Waals surface area contributed by atoms with E-state index in [1.807, 2.05) is 36.6 Å². The second-order valence-electron chi connectivity index (χ2n) is 6.87. The lowest BCUT2D eigenvalue weighted by Gasteiger charge is -2.11. The van der Waals surface area contributed by atoms with Crippen LogP contribution in [0.15, 0.2) is 65.6 Å². The van der Waals surface area contributed by atoms with Gasteiger partial charge in [0.25, 0.3) is 11.1 Å². The standard InChI is InChI=1S/C23H18N2O4S/c1-14-11-17(15(2)24(14)19-10-6-7-16(12-19)22(27)28)13-20-21(26)25(23(29)30-20)18-8-4-3-5-9-18/h3-13H,1-2H3,(H,27,28). The van der Waals surface area contributed by atoms with Gasteiger partial charge in [-0.1, -0.05) is 24.3 Å². The van der Waals surface area contributed by atoms with Crippen molar-refractivity contribution < 1.29 is 19.5 Å². The molecule has 150 valence electrons. The number of nitrogens with zero attached hydrogens (tertiary/aromatic N) is 2. The van der Waals surface area contributed by atoms with Crippen LogP contribution < -0.4 is 4.90 Å². The molecule has 30 heavy (non-hydrogen) atoms. The minimum Gasteiger partial charge on any atom is -0.478 e. The summed E-state index contributed by atoms with van der Waals surface area (Å²) in [6.45, 7) is 3.81. The first-order chi connectivity index (χ1) is 14.4. The molecule has 0 atom stereocenters. The van der Waals surface area contributed by atoms with Crippen LogP contribution in [-0.2, 0) is 4.79 Å². The van der Waals surface area contributed by atoms with Crippen LogP contribution in [0.3, 0.4) is 0 Å².